The van der Waals surface area contributed by atoms with Crippen molar-refractivity contribution in [2.24, 2.45) is 0 Å². The summed E-state index contributed by atoms with van der Waals surface area (Å²) in [7, 11) is 0. The maximum Gasteiger partial charge on any atom is 0.312 e. The van der Waals surface area contributed by atoms with Gasteiger partial charge in [0.15, 0.2) is 0 Å². The van der Waals surface area contributed by atoms with Crippen molar-refractivity contribution in [1.29, 1.82) is 0 Å². The minimum Gasteiger partial charge on any atom is -0.386 e. The van der Waals surface area contributed by atoms with Crippen molar-refractivity contribution in [3.05, 3.63) is 55.3 Å². The summed E-state index contributed by atoms with van der Waals surface area (Å²) < 4.78 is 1.41. The van der Waals surface area contributed by atoms with E-state index in [0.29, 0.717) is 27.0 Å². The zero-order valence-corrected chi connectivity index (χ0v) is 12.9. The number of rotatable bonds is 4. The molecule has 112 valence electrons. The number of nitro groups is 1. The molecule has 0 aliphatic carbocycles. The first-order valence-electron chi connectivity index (χ1n) is 6.12. The van der Waals surface area contributed by atoms with Crippen molar-refractivity contribution in [1.82, 2.24) is 9.78 Å². The topological polar surface area (TPSA) is 81.2 Å². The third-order valence-electron chi connectivity index (χ3n) is 3.19. The van der Waals surface area contributed by atoms with Crippen LogP contribution >= 0.6 is 23.2 Å². The van der Waals surface area contributed by atoms with E-state index in [-0.39, 0.29) is 12.2 Å². The molecular weight excluding hydrogens is 317 g/mol. The van der Waals surface area contributed by atoms with Crippen LogP contribution in [0.5, 0.6) is 0 Å². The molecule has 0 radical (unpaired) electrons. The first kappa shape index (κ1) is 15.8. The summed E-state index contributed by atoms with van der Waals surface area (Å²) in [6.07, 6.45) is -0.938. The Kier molecular flexibility index (Phi) is 4.51. The van der Waals surface area contributed by atoms with Crippen molar-refractivity contribution in [2.75, 3.05) is 0 Å². The van der Waals surface area contributed by atoms with E-state index in [0.717, 1.165) is 0 Å². The van der Waals surface area contributed by atoms with Gasteiger partial charge in [-0.25, -0.2) is 0 Å². The summed E-state index contributed by atoms with van der Waals surface area (Å²) in [5.41, 5.74) is 1.16. The van der Waals surface area contributed by atoms with Crippen LogP contribution in [0.4, 0.5) is 5.69 Å². The number of aromatic nitrogens is 2. The van der Waals surface area contributed by atoms with Crippen molar-refractivity contribution in [2.45, 2.75) is 26.5 Å². The van der Waals surface area contributed by atoms with Crippen LogP contribution in [0, 0.1) is 24.0 Å². The summed E-state index contributed by atoms with van der Waals surface area (Å²) in [4.78, 5) is 10.5. The van der Waals surface area contributed by atoms with E-state index in [1.165, 1.54) is 10.7 Å². The lowest BCUT2D eigenvalue weighted by molar-refractivity contribution is -0.386. The van der Waals surface area contributed by atoms with E-state index in [1.54, 1.807) is 26.0 Å². The van der Waals surface area contributed by atoms with Gasteiger partial charge in [0.1, 0.15) is 11.4 Å². The number of hydrogen-bond acceptors (Lipinski definition) is 4. The molecule has 0 aliphatic heterocycles. The van der Waals surface area contributed by atoms with Gasteiger partial charge in [-0.05, 0) is 26.0 Å². The van der Waals surface area contributed by atoms with Crippen LogP contribution in [-0.2, 0) is 6.54 Å². The lowest BCUT2D eigenvalue weighted by Crippen LogP contribution is -2.12. The Labute approximate surface area is 131 Å². The van der Waals surface area contributed by atoms with E-state index < -0.39 is 11.0 Å². The van der Waals surface area contributed by atoms with Crippen LogP contribution in [0.25, 0.3) is 0 Å². The van der Waals surface area contributed by atoms with Gasteiger partial charge >= 0.3 is 5.69 Å². The lowest BCUT2D eigenvalue weighted by atomic mass is 10.1. The van der Waals surface area contributed by atoms with Crippen molar-refractivity contribution in [3.8, 4) is 0 Å². The second-order valence-corrected chi connectivity index (χ2v) is 5.48. The fourth-order valence-electron chi connectivity index (χ4n) is 2.16. The van der Waals surface area contributed by atoms with Gasteiger partial charge in [-0.15, -0.1) is 0 Å². The average molecular weight is 330 g/mol. The minimum atomic E-state index is -0.938. The van der Waals surface area contributed by atoms with Gasteiger partial charge in [-0.3, -0.25) is 14.8 Å². The molecule has 0 bridgehead atoms. The molecule has 1 aromatic heterocycles. The van der Waals surface area contributed by atoms with Gasteiger partial charge < -0.3 is 5.11 Å². The maximum atomic E-state index is 11.0. The van der Waals surface area contributed by atoms with Crippen molar-refractivity contribution >= 4 is 28.9 Å². The molecule has 21 heavy (non-hydrogen) atoms. The Balaban J connectivity index is 2.30. The van der Waals surface area contributed by atoms with Crippen LogP contribution < -0.4 is 0 Å². The Hall–Kier alpha value is -1.63. The fourth-order valence-corrected chi connectivity index (χ4v) is 2.70. The standard InChI is InChI=1S/C13H13Cl2N3O3/c1-7-13(18(20)21)8(2)17(16-7)6-12(19)10-4-3-9(14)5-11(10)15/h3-5,12,19H,6H2,1-2H3. The van der Waals surface area contributed by atoms with Crippen LogP contribution in [0.1, 0.15) is 23.1 Å². The SMILES string of the molecule is Cc1nn(CC(O)c2ccc(Cl)cc2Cl)c(C)c1[N+](=O)[O-]. The highest BCUT2D eigenvalue weighted by atomic mass is 35.5. The normalized spacial score (nSPS) is 12.4. The molecule has 0 fully saturated rings. The molecule has 1 aromatic carbocycles. The molecule has 6 nitrogen and oxygen atoms in total. The monoisotopic (exact) mass is 329 g/mol. The summed E-state index contributed by atoms with van der Waals surface area (Å²) in [6, 6.07) is 4.77. The van der Waals surface area contributed by atoms with E-state index >= 15 is 0 Å². The van der Waals surface area contributed by atoms with Crippen LogP contribution in [-0.4, -0.2) is 19.8 Å². The molecule has 0 spiro atoms. The Morgan fingerprint density at radius 2 is 2.10 bits per heavy atom. The van der Waals surface area contributed by atoms with Crippen LogP contribution in [0.15, 0.2) is 18.2 Å². The predicted molar refractivity (Wildman–Crippen MR) is 79.8 cm³/mol. The number of hydrogen-bond donors (Lipinski definition) is 1. The minimum absolute atomic E-state index is 0.0376. The Morgan fingerprint density at radius 1 is 1.43 bits per heavy atom. The second kappa shape index (κ2) is 6.01. The van der Waals surface area contributed by atoms with E-state index in [4.69, 9.17) is 23.2 Å². The van der Waals surface area contributed by atoms with Crippen LogP contribution in [0.3, 0.4) is 0 Å². The molecule has 2 rings (SSSR count). The summed E-state index contributed by atoms with van der Waals surface area (Å²) in [5.74, 6) is 0. The van der Waals surface area contributed by atoms with Gasteiger partial charge in [-0.1, -0.05) is 29.3 Å². The van der Waals surface area contributed by atoms with E-state index in [2.05, 4.69) is 5.10 Å². The maximum absolute atomic E-state index is 11.0. The first-order valence-corrected chi connectivity index (χ1v) is 6.88. The van der Waals surface area contributed by atoms with Crippen molar-refractivity contribution in [3.63, 3.8) is 0 Å². The second-order valence-electron chi connectivity index (χ2n) is 4.64. The van der Waals surface area contributed by atoms with Gasteiger partial charge in [0.05, 0.1) is 17.6 Å². The van der Waals surface area contributed by atoms with Gasteiger partial charge in [0.25, 0.3) is 0 Å². The van der Waals surface area contributed by atoms with Crippen molar-refractivity contribution < 1.29 is 10.0 Å². The number of aliphatic hydroxyl groups is 1. The molecular formula is C13H13Cl2N3O3. The Bertz CT molecular complexity index is 700. The molecule has 8 heteroatoms. The number of benzene rings is 1. The third-order valence-corrected chi connectivity index (χ3v) is 3.76. The molecule has 0 aliphatic rings. The summed E-state index contributed by atoms with van der Waals surface area (Å²) in [5, 5.41) is 26.1. The quantitative estimate of drug-likeness (QED) is 0.688. The van der Waals surface area contributed by atoms with E-state index in [1.807, 2.05) is 0 Å². The Morgan fingerprint density at radius 3 is 2.62 bits per heavy atom. The van der Waals surface area contributed by atoms with Gasteiger partial charge in [-0.2, -0.15) is 5.10 Å². The summed E-state index contributed by atoms with van der Waals surface area (Å²) >= 11 is 11.8. The molecule has 0 saturated heterocycles. The first-order chi connectivity index (χ1) is 9.81. The molecule has 0 saturated carbocycles. The fraction of sp³-hybridized carbons (Fsp3) is 0.308. The predicted octanol–water partition coefficient (Wildman–Crippen LogP) is 3.45. The highest BCUT2D eigenvalue weighted by Crippen LogP contribution is 2.29. The smallest absolute Gasteiger partial charge is 0.312 e. The third kappa shape index (κ3) is 3.18. The summed E-state index contributed by atoms with van der Waals surface area (Å²) in [6.45, 7) is 3.22. The molecule has 1 atom stereocenters. The largest absolute Gasteiger partial charge is 0.386 e. The molecule has 2 aromatic rings. The molecule has 1 N–H and O–H groups in total. The number of nitrogens with zero attached hydrogens (tertiary/aromatic N) is 3. The number of aryl methyl sites for hydroxylation is 1. The van der Waals surface area contributed by atoms with Crippen LogP contribution in [0.2, 0.25) is 10.0 Å². The zero-order chi connectivity index (χ0) is 15.7. The van der Waals surface area contributed by atoms with Gasteiger partial charge in [0, 0.05) is 15.6 Å². The highest BCUT2D eigenvalue weighted by Gasteiger charge is 2.23. The van der Waals surface area contributed by atoms with E-state index in [9.17, 15) is 15.2 Å². The molecule has 0 amide bonds. The highest BCUT2D eigenvalue weighted by molar-refractivity contribution is 6.35. The average Bonchev–Trinajstić information content (AvgIpc) is 2.63. The number of halogens is 2. The molecule has 1 unspecified atom stereocenters. The molecule has 1 heterocycles. The number of aliphatic hydroxyl groups excluding tert-OH is 1. The zero-order valence-electron chi connectivity index (χ0n) is 11.4. The van der Waals surface area contributed by atoms with Gasteiger partial charge in [0.2, 0.25) is 0 Å². The lowest BCUT2D eigenvalue weighted by Gasteiger charge is -2.13.